The molecule has 0 spiro atoms. The summed E-state index contributed by atoms with van der Waals surface area (Å²) in [6.07, 6.45) is 0. The minimum absolute atomic E-state index is 1.21. The van der Waals surface area contributed by atoms with Crippen LogP contribution < -0.4 is 0 Å². The normalized spacial score (nSPS) is 11.5. The van der Waals surface area contributed by atoms with Crippen LogP contribution in [0.3, 0.4) is 0 Å². The van der Waals surface area contributed by atoms with Crippen molar-refractivity contribution in [1.29, 1.82) is 0 Å². The van der Waals surface area contributed by atoms with Crippen molar-refractivity contribution in [2.24, 2.45) is 0 Å². The van der Waals surface area contributed by atoms with E-state index in [-0.39, 0.29) is 0 Å². The van der Waals surface area contributed by atoms with E-state index in [1.165, 1.54) is 98.7 Å². The van der Waals surface area contributed by atoms with Crippen LogP contribution in [0.2, 0.25) is 0 Å². The predicted molar refractivity (Wildman–Crippen MR) is 224 cm³/mol. The molecule has 10 aromatic carbocycles. The molecular weight excluding hydrogens is 625 g/mol. The Labute approximate surface area is 303 Å². The van der Waals surface area contributed by atoms with E-state index in [1.54, 1.807) is 0 Å². The second kappa shape index (κ2) is 12.5. The lowest BCUT2D eigenvalue weighted by Gasteiger charge is -2.19. The highest BCUT2D eigenvalue weighted by Gasteiger charge is 2.19. The van der Waals surface area contributed by atoms with Gasteiger partial charge in [0, 0.05) is 0 Å². The Morgan fingerprint density at radius 3 is 1.37 bits per heavy atom. The fraction of sp³-hybridized carbons (Fsp3) is 0. The molecule has 0 saturated heterocycles. The lowest BCUT2D eigenvalue weighted by atomic mass is 9.84. The van der Waals surface area contributed by atoms with Gasteiger partial charge in [0.1, 0.15) is 0 Å². The van der Waals surface area contributed by atoms with Crippen LogP contribution in [-0.4, -0.2) is 0 Å². The maximum absolute atomic E-state index is 2.45. The summed E-state index contributed by atoms with van der Waals surface area (Å²) in [6.45, 7) is 0. The van der Waals surface area contributed by atoms with Crippen LogP contribution in [0.25, 0.3) is 98.7 Å². The fourth-order valence-corrected chi connectivity index (χ4v) is 8.22. The standard InChI is InChI=1S/C52H34/c1-3-14-35(15-4-1)40-20-13-21-42(33-40)51-44(41-28-26-36-16-7-8-19-39(36)32-41)31-30-37-27-29-43(34-49(37)51)52-47-24-11-9-22-45(47)50(38-17-5-2-6-18-38)46-23-10-12-25-48(46)52/h1-34H. The molecule has 0 fully saturated rings. The largest absolute Gasteiger partial charge is 0.0622 e. The summed E-state index contributed by atoms with van der Waals surface area (Å²) >= 11 is 0. The quantitative estimate of drug-likeness (QED) is 0.161. The molecule has 0 unspecified atom stereocenters. The Kier molecular flexibility index (Phi) is 7.25. The Morgan fingerprint density at radius 1 is 0.192 bits per heavy atom. The van der Waals surface area contributed by atoms with Crippen molar-refractivity contribution in [2.75, 3.05) is 0 Å². The second-order valence-corrected chi connectivity index (χ2v) is 13.6. The monoisotopic (exact) mass is 658 g/mol. The van der Waals surface area contributed by atoms with Gasteiger partial charge in [0.05, 0.1) is 0 Å². The van der Waals surface area contributed by atoms with Gasteiger partial charge < -0.3 is 0 Å². The molecule has 0 aliphatic carbocycles. The van der Waals surface area contributed by atoms with Gasteiger partial charge in [0.25, 0.3) is 0 Å². The summed E-state index contributed by atoms with van der Waals surface area (Å²) in [5, 5.41) is 10.0. The summed E-state index contributed by atoms with van der Waals surface area (Å²) in [6, 6.07) is 75.6. The van der Waals surface area contributed by atoms with E-state index in [4.69, 9.17) is 0 Å². The summed E-state index contributed by atoms with van der Waals surface area (Å²) < 4.78 is 0. The topological polar surface area (TPSA) is 0 Å². The molecule has 0 aliphatic heterocycles. The van der Waals surface area contributed by atoms with Gasteiger partial charge in [0.15, 0.2) is 0 Å². The molecule has 0 amide bonds. The SMILES string of the molecule is c1ccc(-c2cccc(-c3c(-c4ccc5ccccc5c4)ccc4ccc(-c5c6ccccc6c(-c6ccccc6)c6ccccc56)cc34)c2)cc1. The maximum atomic E-state index is 2.45. The maximum Gasteiger partial charge on any atom is -0.00261 e. The highest BCUT2D eigenvalue weighted by atomic mass is 14.2. The number of fused-ring (bicyclic) bond motifs is 4. The number of benzene rings is 10. The van der Waals surface area contributed by atoms with Crippen LogP contribution in [0, 0.1) is 0 Å². The third kappa shape index (κ3) is 5.08. The smallest absolute Gasteiger partial charge is 0.00261 e. The first kappa shape index (κ1) is 30.1. The molecule has 0 heteroatoms. The van der Waals surface area contributed by atoms with E-state index in [2.05, 4.69) is 206 Å². The molecular formula is C52H34. The Balaban J connectivity index is 1.28. The van der Waals surface area contributed by atoms with Crippen molar-refractivity contribution < 1.29 is 0 Å². The summed E-state index contributed by atoms with van der Waals surface area (Å²) in [4.78, 5) is 0. The van der Waals surface area contributed by atoms with E-state index >= 15 is 0 Å². The average Bonchev–Trinajstić information content (AvgIpc) is 3.22. The highest BCUT2D eigenvalue weighted by molar-refractivity contribution is 6.22. The van der Waals surface area contributed by atoms with Gasteiger partial charge in [-0.2, -0.15) is 0 Å². The molecule has 10 rings (SSSR count). The Hall–Kier alpha value is -6.76. The minimum atomic E-state index is 1.21. The van der Waals surface area contributed by atoms with Crippen molar-refractivity contribution >= 4 is 43.1 Å². The first-order chi connectivity index (χ1) is 25.8. The molecule has 0 saturated carbocycles. The van der Waals surface area contributed by atoms with E-state index in [1.807, 2.05) is 0 Å². The molecule has 0 atom stereocenters. The highest BCUT2D eigenvalue weighted by Crippen LogP contribution is 2.46. The summed E-state index contributed by atoms with van der Waals surface area (Å²) in [5.74, 6) is 0. The number of rotatable bonds is 5. The first-order valence-electron chi connectivity index (χ1n) is 18.0. The van der Waals surface area contributed by atoms with Crippen LogP contribution in [0.5, 0.6) is 0 Å². The average molecular weight is 659 g/mol. The number of hydrogen-bond donors (Lipinski definition) is 0. The lowest BCUT2D eigenvalue weighted by molar-refractivity contribution is 1.59. The second-order valence-electron chi connectivity index (χ2n) is 13.6. The van der Waals surface area contributed by atoms with Gasteiger partial charge in [-0.25, -0.2) is 0 Å². The van der Waals surface area contributed by atoms with Crippen LogP contribution in [0.4, 0.5) is 0 Å². The lowest BCUT2D eigenvalue weighted by Crippen LogP contribution is -1.92. The molecule has 0 aromatic heterocycles. The molecule has 10 aromatic rings. The van der Waals surface area contributed by atoms with E-state index in [0.29, 0.717) is 0 Å². The predicted octanol–water partition coefficient (Wildman–Crippen LogP) is 14.6. The molecule has 0 bridgehead atoms. The van der Waals surface area contributed by atoms with Gasteiger partial charge in [-0.05, 0) is 117 Å². The van der Waals surface area contributed by atoms with E-state index in [0.717, 1.165) is 0 Å². The third-order valence-electron chi connectivity index (χ3n) is 10.6. The van der Waals surface area contributed by atoms with Crippen LogP contribution in [0.15, 0.2) is 206 Å². The third-order valence-corrected chi connectivity index (χ3v) is 10.6. The number of hydrogen-bond acceptors (Lipinski definition) is 0. The zero-order valence-electron chi connectivity index (χ0n) is 28.6. The molecule has 242 valence electrons. The van der Waals surface area contributed by atoms with Crippen LogP contribution in [0.1, 0.15) is 0 Å². The molecule has 0 aliphatic rings. The van der Waals surface area contributed by atoms with Crippen LogP contribution >= 0.6 is 0 Å². The zero-order valence-corrected chi connectivity index (χ0v) is 28.6. The van der Waals surface area contributed by atoms with Gasteiger partial charge in [-0.3, -0.25) is 0 Å². The van der Waals surface area contributed by atoms with Gasteiger partial charge >= 0.3 is 0 Å². The van der Waals surface area contributed by atoms with Crippen molar-refractivity contribution in [3.63, 3.8) is 0 Å². The first-order valence-corrected chi connectivity index (χ1v) is 18.0. The minimum Gasteiger partial charge on any atom is -0.0622 e. The van der Waals surface area contributed by atoms with Gasteiger partial charge in [-0.15, -0.1) is 0 Å². The summed E-state index contributed by atoms with van der Waals surface area (Å²) in [7, 11) is 0. The van der Waals surface area contributed by atoms with Gasteiger partial charge in [-0.1, -0.05) is 188 Å². The van der Waals surface area contributed by atoms with Crippen molar-refractivity contribution in [2.45, 2.75) is 0 Å². The molecule has 52 heavy (non-hydrogen) atoms. The van der Waals surface area contributed by atoms with Crippen molar-refractivity contribution in [3.05, 3.63) is 206 Å². The Bertz CT molecular complexity index is 2880. The van der Waals surface area contributed by atoms with Crippen molar-refractivity contribution in [1.82, 2.24) is 0 Å². The molecule has 0 radical (unpaired) electrons. The summed E-state index contributed by atoms with van der Waals surface area (Å²) in [5.41, 5.74) is 12.3. The zero-order chi connectivity index (χ0) is 34.4. The van der Waals surface area contributed by atoms with Gasteiger partial charge in [0.2, 0.25) is 0 Å². The van der Waals surface area contributed by atoms with E-state index < -0.39 is 0 Å². The molecule has 0 heterocycles. The molecule has 0 N–H and O–H groups in total. The fourth-order valence-electron chi connectivity index (χ4n) is 8.22. The van der Waals surface area contributed by atoms with Crippen molar-refractivity contribution in [3.8, 4) is 55.6 Å². The Morgan fingerprint density at radius 2 is 0.673 bits per heavy atom. The molecule has 0 nitrogen and oxygen atoms in total. The van der Waals surface area contributed by atoms with E-state index in [9.17, 15) is 0 Å². The van der Waals surface area contributed by atoms with Crippen LogP contribution in [-0.2, 0) is 0 Å².